The van der Waals surface area contributed by atoms with E-state index < -0.39 is 17.0 Å². The predicted octanol–water partition coefficient (Wildman–Crippen LogP) is 2.57. The van der Waals surface area contributed by atoms with Crippen molar-refractivity contribution in [1.29, 1.82) is 0 Å². The van der Waals surface area contributed by atoms with E-state index in [1.165, 1.54) is 12.8 Å². The minimum absolute atomic E-state index is 0.502. The molecule has 3 fully saturated rings. The van der Waals surface area contributed by atoms with E-state index in [2.05, 4.69) is 0 Å². The Bertz CT molecular complexity index is 320. The quantitative estimate of drug-likeness (QED) is 0.794. The molecule has 2 unspecified atom stereocenters. The van der Waals surface area contributed by atoms with Gasteiger partial charge < -0.3 is 10.2 Å². The fourth-order valence-electron chi connectivity index (χ4n) is 4.31. The van der Waals surface area contributed by atoms with Crippen molar-refractivity contribution in [2.45, 2.75) is 63.4 Å². The van der Waals surface area contributed by atoms with Crippen LogP contribution in [0.2, 0.25) is 0 Å². The number of aliphatic hydroxyl groups is 1. The van der Waals surface area contributed by atoms with Crippen molar-refractivity contribution in [3.63, 3.8) is 0 Å². The van der Waals surface area contributed by atoms with Crippen molar-refractivity contribution in [2.24, 2.45) is 17.3 Å². The van der Waals surface area contributed by atoms with Crippen LogP contribution in [0.1, 0.15) is 57.8 Å². The molecule has 0 amide bonds. The molecule has 3 rings (SSSR count). The molecule has 0 spiro atoms. The predicted molar refractivity (Wildman–Crippen MR) is 63.6 cm³/mol. The summed E-state index contributed by atoms with van der Waals surface area (Å²) in [5, 5.41) is 20.1. The summed E-state index contributed by atoms with van der Waals surface area (Å²) in [5.74, 6) is 0.639. The summed E-state index contributed by atoms with van der Waals surface area (Å²) in [6.07, 6.45) is 8.26. The van der Waals surface area contributed by atoms with Gasteiger partial charge in [0.05, 0.1) is 11.0 Å². The molecule has 3 heteroatoms. The number of hydrogen-bond donors (Lipinski definition) is 2. The average molecular weight is 238 g/mol. The molecular formula is C14H22O3. The van der Waals surface area contributed by atoms with E-state index >= 15 is 0 Å². The first-order chi connectivity index (χ1) is 8.03. The van der Waals surface area contributed by atoms with E-state index in [9.17, 15) is 15.0 Å². The highest BCUT2D eigenvalue weighted by Gasteiger charge is 2.59. The molecule has 0 radical (unpaired) electrons. The van der Waals surface area contributed by atoms with Gasteiger partial charge in [-0.25, -0.2) is 0 Å². The summed E-state index contributed by atoms with van der Waals surface area (Å²) in [6.45, 7) is 0. The highest BCUT2D eigenvalue weighted by molar-refractivity contribution is 5.75. The van der Waals surface area contributed by atoms with Gasteiger partial charge >= 0.3 is 5.97 Å². The van der Waals surface area contributed by atoms with Gasteiger partial charge in [0.25, 0.3) is 0 Å². The Hall–Kier alpha value is -0.570. The number of carbonyl (C=O) groups is 1. The zero-order chi connectivity index (χ0) is 12.1. The SMILES string of the molecule is O=C(O)C1(CC2(O)CCCCC2)CC2CC2C1. The lowest BCUT2D eigenvalue weighted by molar-refractivity contribution is -0.155. The summed E-state index contributed by atoms with van der Waals surface area (Å²) >= 11 is 0. The normalized spacial score (nSPS) is 43.1. The van der Waals surface area contributed by atoms with Crippen molar-refractivity contribution in [3.05, 3.63) is 0 Å². The molecule has 96 valence electrons. The van der Waals surface area contributed by atoms with Gasteiger partial charge in [-0.05, 0) is 50.4 Å². The Morgan fingerprint density at radius 1 is 1.12 bits per heavy atom. The topological polar surface area (TPSA) is 57.5 Å². The maximum atomic E-state index is 11.6. The molecular weight excluding hydrogens is 216 g/mol. The number of carboxylic acid groups (broad SMARTS) is 1. The van der Waals surface area contributed by atoms with E-state index in [1.807, 2.05) is 0 Å². The Kier molecular flexibility index (Phi) is 2.51. The first-order valence-electron chi connectivity index (χ1n) is 6.99. The summed E-state index contributed by atoms with van der Waals surface area (Å²) < 4.78 is 0. The molecule has 3 aliphatic carbocycles. The standard InChI is InChI=1S/C14H22O3/c15-12(16)13(7-10-6-11(10)8-13)9-14(17)4-2-1-3-5-14/h10-11,17H,1-9H2,(H,15,16). The first kappa shape index (κ1) is 11.5. The Labute approximate surface area is 102 Å². The Balaban J connectivity index is 1.74. The number of carboxylic acids is 1. The highest BCUT2D eigenvalue weighted by Crippen LogP contribution is 2.62. The van der Waals surface area contributed by atoms with Crippen LogP contribution < -0.4 is 0 Å². The summed E-state index contributed by atoms with van der Waals surface area (Å²) in [5.41, 5.74) is -1.28. The lowest BCUT2D eigenvalue weighted by atomic mass is 9.69. The molecule has 0 aromatic carbocycles. The molecule has 0 bridgehead atoms. The maximum absolute atomic E-state index is 11.6. The minimum Gasteiger partial charge on any atom is -0.481 e. The molecule has 2 N–H and O–H groups in total. The van der Waals surface area contributed by atoms with Crippen LogP contribution in [0.5, 0.6) is 0 Å². The van der Waals surface area contributed by atoms with Crippen molar-refractivity contribution in [2.75, 3.05) is 0 Å². The second-order valence-corrected chi connectivity index (χ2v) is 6.71. The number of rotatable bonds is 3. The molecule has 17 heavy (non-hydrogen) atoms. The van der Waals surface area contributed by atoms with Gasteiger partial charge in [0.2, 0.25) is 0 Å². The van der Waals surface area contributed by atoms with Gasteiger partial charge in [-0.2, -0.15) is 0 Å². The third kappa shape index (κ3) is 1.99. The van der Waals surface area contributed by atoms with Crippen molar-refractivity contribution in [1.82, 2.24) is 0 Å². The molecule has 3 nitrogen and oxygen atoms in total. The lowest BCUT2D eigenvalue weighted by Gasteiger charge is -2.39. The minimum atomic E-state index is -0.687. The fourth-order valence-corrected chi connectivity index (χ4v) is 4.31. The van der Waals surface area contributed by atoms with Gasteiger partial charge in [0.15, 0.2) is 0 Å². The lowest BCUT2D eigenvalue weighted by Crippen LogP contribution is -2.42. The van der Waals surface area contributed by atoms with Crippen LogP contribution in [-0.4, -0.2) is 21.8 Å². The summed E-state index contributed by atoms with van der Waals surface area (Å²) in [4.78, 5) is 11.6. The molecule has 0 aromatic heterocycles. The smallest absolute Gasteiger partial charge is 0.309 e. The van der Waals surface area contributed by atoms with Gasteiger partial charge in [0.1, 0.15) is 0 Å². The summed E-state index contributed by atoms with van der Waals surface area (Å²) in [7, 11) is 0. The van der Waals surface area contributed by atoms with E-state index in [4.69, 9.17) is 0 Å². The molecule has 3 aliphatic rings. The Morgan fingerprint density at radius 3 is 2.24 bits per heavy atom. The Morgan fingerprint density at radius 2 is 1.71 bits per heavy atom. The third-order valence-corrected chi connectivity index (χ3v) is 5.28. The van der Waals surface area contributed by atoms with E-state index in [-0.39, 0.29) is 0 Å². The van der Waals surface area contributed by atoms with Crippen molar-refractivity contribution >= 4 is 5.97 Å². The van der Waals surface area contributed by atoms with Crippen LogP contribution in [0, 0.1) is 17.3 Å². The molecule has 3 saturated carbocycles. The van der Waals surface area contributed by atoms with Gasteiger partial charge in [-0.3, -0.25) is 4.79 Å². The van der Waals surface area contributed by atoms with Crippen LogP contribution in [0.25, 0.3) is 0 Å². The number of fused-ring (bicyclic) bond motifs is 1. The van der Waals surface area contributed by atoms with E-state index in [0.717, 1.165) is 38.5 Å². The van der Waals surface area contributed by atoms with Crippen molar-refractivity contribution < 1.29 is 15.0 Å². The van der Waals surface area contributed by atoms with Gasteiger partial charge in [-0.1, -0.05) is 19.3 Å². The summed E-state index contributed by atoms with van der Waals surface area (Å²) in [6, 6.07) is 0. The average Bonchev–Trinajstić information content (AvgIpc) is 2.87. The van der Waals surface area contributed by atoms with Crippen LogP contribution >= 0.6 is 0 Å². The molecule has 0 heterocycles. The molecule has 0 saturated heterocycles. The fraction of sp³-hybridized carbons (Fsp3) is 0.929. The first-order valence-corrected chi connectivity index (χ1v) is 6.99. The van der Waals surface area contributed by atoms with Crippen LogP contribution in [-0.2, 0) is 4.79 Å². The van der Waals surface area contributed by atoms with E-state index in [1.54, 1.807) is 0 Å². The van der Waals surface area contributed by atoms with E-state index in [0.29, 0.717) is 18.3 Å². The number of hydrogen-bond acceptors (Lipinski definition) is 2. The largest absolute Gasteiger partial charge is 0.481 e. The number of aliphatic carboxylic acids is 1. The van der Waals surface area contributed by atoms with Crippen molar-refractivity contribution in [3.8, 4) is 0 Å². The van der Waals surface area contributed by atoms with Crippen LogP contribution in [0.4, 0.5) is 0 Å². The molecule has 0 aromatic rings. The molecule has 0 aliphatic heterocycles. The zero-order valence-electron chi connectivity index (χ0n) is 10.3. The third-order valence-electron chi connectivity index (χ3n) is 5.28. The van der Waals surface area contributed by atoms with Crippen LogP contribution in [0.3, 0.4) is 0 Å². The second-order valence-electron chi connectivity index (χ2n) is 6.71. The maximum Gasteiger partial charge on any atom is 0.309 e. The zero-order valence-corrected chi connectivity index (χ0v) is 10.3. The second kappa shape index (κ2) is 3.71. The monoisotopic (exact) mass is 238 g/mol. The molecule has 2 atom stereocenters. The highest BCUT2D eigenvalue weighted by atomic mass is 16.4. The van der Waals surface area contributed by atoms with Gasteiger partial charge in [0, 0.05) is 0 Å². The van der Waals surface area contributed by atoms with Crippen LogP contribution in [0.15, 0.2) is 0 Å². The van der Waals surface area contributed by atoms with Gasteiger partial charge in [-0.15, -0.1) is 0 Å².